The van der Waals surface area contributed by atoms with E-state index in [4.69, 9.17) is 32.7 Å². The predicted octanol–water partition coefficient (Wildman–Crippen LogP) is 3.45. The van der Waals surface area contributed by atoms with E-state index in [1.54, 1.807) is 7.05 Å². The molecular weight excluding hydrogens is 478 g/mol. The van der Waals surface area contributed by atoms with Gasteiger partial charge in [0.25, 0.3) is 0 Å². The Balaban J connectivity index is 0.00000576. The number of ether oxygens (including phenoxy) is 2. The van der Waals surface area contributed by atoms with E-state index in [1.165, 1.54) is 0 Å². The Morgan fingerprint density at radius 3 is 2.40 bits per heavy atom. The van der Waals surface area contributed by atoms with Gasteiger partial charge in [-0.15, -0.1) is 24.0 Å². The fourth-order valence-electron chi connectivity index (χ4n) is 1.96. The molecule has 1 heterocycles. The first-order chi connectivity index (χ1) is 11.6. The van der Waals surface area contributed by atoms with Crippen molar-refractivity contribution in [1.82, 2.24) is 15.2 Å². The summed E-state index contributed by atoms with van der Waals surface area (Å²) in [7, 11) is 3.60. The minimum absolute atomic E-state index is 0. The van der Waals surface area contributed by atoms with E-state index in [-0.39, 0.29) is 24.0 Å². The molecule has 0 aliphatic carbocycles. The molecule has 0 saturated carbocycles. The summed E-state index contributed by atoms with van der Waals surface area (Å²) < 4.78 is 12.8. The molecule has 0 bridgehead atoms. The van der Waals surface area contributed by atoms with Crippen molar-refractivity contribution in [2.24, 2.45) is 12.0 Å². The molecule has 1 aromatic heterocycles. The van der Waals surface area contributed by atoms with Crippen LogP contribution in [0.5, 0.6) is 0 Å². The lowest BCUT2D eigenvalue weighted by atomic mass is 10.4. The molecule has 0 aliphatic heterocycles. The summed E-state index contributed by atoms with van der Waals surface area (Å²) in [6, 6.07) is 1.84. The molecule has 146 valence electrons. The number of halogens is 3. The highest BCUT2D eigenvalue weighted by Crippen LogP contribution is 2.24. The Bertz CT molecular complexity index is 513. The summed E-state index contributed by atoms with van der Waals surface area (Å²) in [5.74, 6) is 0.700. The van der Waals surface area contributed by atoms with Crippen LogP contribution in [0.4, 0.5) is 0 Å². The smallest absolute Gasteiger partial charge is 0.191 e. The molecule has 0 aliphatic rings. The molecule has 0 spiro atoms. The second-order valence-corrected chi connectivity index (χ2v) is 6.03. The Morgan fingerprint density at radius 2 is 1.84 bits per heavy atom. The van der Waals surface area contributed by atoms with Gasteiger partial charge >= 0.3 is 0 Å². The maximum atomic E-state index is 6.05. The standard InChI is InChI=1S/C16H28Cl2N4O2.HI/c1-4-5-7-23-9-10-24-8-6-20-16(19-2)21-12-13-11-14(17)15(18)22(13)3;/h11H,4-10,12H2,1-3H3,(H2,19,20,21);1H. The van der Waals surface area contributed by atoms with Crippen LogP contribution in [0.3, 0.4) is 0 Å². The molecule has 0 atom stereocenters. The van der Waals surface area contributed by atoms with Gasteiger partial charge in [-0.25, -0.2) is 0 Å². The molecule has 25 heavy (non-hydrogen) atoms. The first-order valence-corrected chi connectivity index (χ1v) is 8.95. The van der Waals surface area contributed by atoms with Gasteiger partial charge < -0.3 is 24.7 Å². The number of aliphatic imine (C=N–C) groups is 1. The highest BCUT2D eigenvalue weighted by molar-refractivity contribution is 14.0. The second-order valence-electron chi connectivity index (χ2n) is 5.26. The Kier molecular flexibility index (Phi) is 14.8. The largest absolute Gasteiger partial charge is 0.379 e. The van der Waals surface area contributed by atoms with Gasteiger partial charge in [-0.05, 0) is 12.5 Å². The Labute approximate surface area is 177 Å². The van der Waals surface area contributed by atoms with Crippen LogP contribution in [0, 0.1) is 0 Å². The number of unbranched alkanes of at least 4 members (excludes halogenated alkanes) is 1. The first-order valence-electron chi connectivity index (χ1n) is 8.19. The fraction of sp³-hybridized carbons (Fsp3) is 0.688. The number of nitrogens with one attached hydrogen (secondary N) is 2. The number of nitrogens with zero attached hydrogens (tertiary/aromatic N) is 2. The zero-order valence-electron chi connectivity index (χ0n) is 15.1. The summed E-state index contributed by atoms with van der Waals surface area (Å²) in [6.45, 7) is 6.05. The van der Waals surface area contributed by atoms with Crippen molar-refractivity contribution in [2.75, 3.05) is 40.0 Å². The Hall–Kier alpha value is -0.220. The van der Waals surface area contributed by atoms with Crippen LogP contribution in [0.25, 0.3) is 0 Å². The molecule has 0 saturated heterocycles. The lowest BCUT2D eigenvalue weighted by molar-refractivity contribution is 0.0487. The third-order valence-electron chi connectivity index (χ3n) is 3.43. The number of aromatic nitrogens is 1. The normalized spacial score (nSPS) is 11.3. The third kappa shape index (κ3) is 9.89. The van der Waals surface area contributed by atoms with E-state index in [0.29, 0.717) is 49.0 Å². The van der Waals surface area contributed by atoms with Gasteiger partial charge in [0.1, 0.15) is 5.15 Å². The van der Waals surface area contributed by atoms with Crippen molar-refractivity contribution in [3.63, 3.8) is 0 Å². The monoisotopic (exact) mass is 506 g/mol. The zero-order chi connectivity index (χ0) is 17.8. The van der Waals surface area contributed by atoms with E-state index in [2.05, 4.69) is 22.5 Å². The molecule has 9 heteroatoms. The van der Waals surface area contributed by atoms with Crippen molar-refractivity contribution in [3.8, 4) is 0 Å². The number of guanidine groups is 1. The maximum absolute atomic E-state index is 6.05. The van der Waals surface area contributed by atoms with Crippen molar-refractivity contribution < 1.29 is 9.47 Å². The van der Waals surface area contributed by atoms with Crippen molar-refractivity contribution in [1.29, 1.82) is 0 Å². The summed E-state index contributed by atoms with van der Waals surface area (Å²) in [6.07, 6.45) is 2.25. The van der Waals surface area contributed by atoms with E-state index in [1.807, 2.05) is 17.7 Å². The molecule has 0 amide bonds. The second kappa shape index (κ2) is 14.9. The molecule has 0 aromatic carbocycles. The predicted molar refractivity (Wildman–Crippen MR) is 116 cm³/mol. The van der Waals surface area contributed by atoms with Crippen LogP contribution < -0.4 is 10.6 Å². The number of hydrogen-bond donors (Lipinski definition) is 2. The minimum Gasteiger partial charge on any atom is -0.379 e. The molecular formula is C16H29Cl2IN4O2. The lowest BCUT2D eigenvalue weighted by Crippen LogP contribution is -2.38. The summed E-state index contributed by atoms with van der Waals surface area (Å²) >= 11 is 12.1. The van der Waals surface area contributed by atoms with Gasteiger partial charge in [-0.3, -0.25) is 4.99 Å². The summed E-state index contributed by atoms with van der Waals surface area (Å²) in [5.41, 5.74) is 0.980. The zero-order valence-corrected chi connectivity index (χ0v) is 19.0. The lowest BCUT2D eigenvalue weighted by Gasteiger charge is -2.12. The fourth-order valence-corrected chi connectivity index (χ4v) is 2.38. The first kappa shape index (κ1) is 24.8. The minimum atomic E-state index is 0. The summed E-state index contributed by atoms with van der Waals surface area (Å²) in [5, 5.41) is 7.49. The van der Waals surface area contributed by atoms with Crippen molar-refractivity contribution >= 4 is 53.1 Å². The van der Waals surface area contributed by atoms with Crippen LogP contribution in [-0.4, -0.2) is 50.5 Å². The van der Waals surface area contributed by atoms with Gasteiger partial charge in [0.05, 0.1) is 31.4 Å². The van der Waals surface area contributed by atoms with Crippen LogP contribution in [0.1, 0.15) is 25.5 Å². The molecule has 0 fully saturated rings. The van der Waals surface area contributed by atoms with Crippen molar-refractivity contribution in [2.45, 2.75) is 26.3 Å². The SMILES string of the molecule is CCCCOCCOCCNC(=NC)NCc1cc(Cl)c(Cl)n1C.I. The average molecular weight is 507 g/mol. The van der Waals surface area contributed by atoms with Gasteiger partial charge in [-0.1, -0.05) is 36.5 Å². The van der Waals surface area contributed by atoms with E-state index < -0.39 is 0 Å². The molecule has 2 N–H and O–H groups in total. The average Bonchev–Trinajstić information content (AvgIpc) is 2.83. The van der Waals surface area contributed by atoms with Crippen molar-refractivity contribution in [3.05, 3.63) is 21.9 Å². The molecule has 6 nitrogen and oxygen atoms in total. The molecule has 1 rings (SSSR count). The van der Waals surface area contributed by atoms with E-state index in [9.17, 15) is 0 Å². The maximum Gasteiger partial charge on any atom is 0.191 e. The quantitative estimate of drug-likeness (QED) is 0.209. The topological polar surface area (TPSA) is 59.8 Å². The molecule has 0 unspecified atom stereocenters. The summed E-state index contributed by atoms with van der Waals surface area (Å²) in [4.78, 5) is 4.17. The number of rotatable bonds is 11. The molecule has 0 radical (unpaired) electrons. The van der Waals surface area contributed by atoms with Crippen LogP contribution in [-0.2, 0) is 23.1 Å². The van der Waals surface area contributed by atoms with Crippen LogP contribution in [0.15, 0.2) is 11.1 Å². The van der Waals surface area contributed by atoms with Crippen LogP contribution in [0.2, 0.25) is 10.2 Å². The highest BCUT2D eigenvalue weighted by atomic mass is 127. The molecule has 1 aromatic rings. The third-order valence-corrected chi connectivity index (χ3v) is 4.27. The highest BCUT2D eigenvalue weighted by Gasteiger charge is 2.09. The van der Waals surface area contributed by atoms with Gasteiger partial charge in [-0.2, -0.15) is 0 Å². The number of hydrogen-bond acceptors (Lipinski definition) is 3. The van der Waals surface area contributed by atoms with Gasteiger partial charge in [0.2, 0.25) is 0 Å². The van der Waals surface area contributed by atoms with E-state index in [0.717, 1.165) is 25.1 Å². The Morgan fingerprint density at radius 1 is 1.16 bits per heavy atom. The van der Waals surface area contributed by atoms with Gasteiger partial charge in [0.15, 0.2) is 5.96 Å². The van der Waals surface area contributed by atoms with Crippen LogP contribution >= 0.6 is 47.2 Å². The van der Waals surface area contributed by atoms with E-state index >= 15 is 0 Å². The van der Waals surface area contributed by atoms with Gasteiger partial charge in [0, 0.05) is 32.9 Å².